The third kappa shape index (κ3) is 1.92. The van der Waals surface area contributed by atoms with Crippen molar-refractivity contribution in [2.45, 2.75) is 18.9 Å². The Balaban J connectivity index is 1.87. The van der Waals surface area contributed by atoms with Gasteiger partial charge in [-0.3, -0.25) is 0 Å². The lowest BCUT2D eigenvalue weighted by molar-refractivity contribution is -0.116. The molecule has 3 heteroatoms. The van der Waals surface area contributed by atoms with E-state index in [1.54, 1.807) is 12.1 Å². The van der Waals surface area contributed by atoms with E-state index in [2.05, 4.69) is 0 Å². The number of aldehydes is 1. The normalized spacial score (nSPS) is 25.2. The summed E-state index contributed by atoms with van der Waals surface area (Å²) in [5.41, 5.74) is 0. The first-order valence-corrected chi connectivity index (χ1v) is 4.65. The van der Waals surface area contributed by atoms with Crippen molar-refractivity contribution in [3.63, 3.8) is 0 Å². The molecule has 1 saturated carbocycles. The molecule has 0 atom stereocenters. The number of hydrogen-bond acceptors (Lipinski definition) is 2. The van der Waals surface area contributed by atoms with Crippen molar-refractivity contribution < 1.29 is 13.9 Å². The van der Waals surface area contributed by atoms with Crippen LogP contribution in [0.1, 0.15) is 12.8 Å². The molecule has 0 saturated heterocycles. The topological polar surface area (TPSA) is 26.3 Å². The van der Waals surface area contributed by atoms with Gasteiger partial charge in [0.15, 0.2) is 0 Å². The van der Waals surface area contributed by atoms with Crippen molar-refractivity contribution in [3.05, 3.63) is 30.1 Å². The summed E-state index contributed by atoms with van der Waals surface area (Å²) in [7, 11) is 0. The fourth-order valence-corrected chi connectivity index (χ4v) is 1.52. The smallest absolute Gasteiger partial charge is 0.123 e. The van der Waals surface area contributed by atoms with Crippen molar-refractivity contribution in [1.29, 1.82) is 0 Å². The van der Waals surface area contributed by atoms with Crippen LogP contribution in [-0.4, -0.2) is 12.4 Å². The Labute approximate surface area is 81.7 Å². The van der Waals surface area contributed by atoms with E-state index in [1.165, 1.54) is 12.1 Å². The lowest BCUT2D eigenvalue weighted by Gasteiger charge is -2.31. The molecule has 0 aliphatic heterocycles. The summed E-state index contributed by atoms with van der Waals surface area (Å²) in [4.78, 5) is 10.3. The van der Waals surface area contributed by atoms with Gasteiger partial charge in [-0.1, -0.05) is 0 Å². The molecule has 1 aliphatic rings. The number of halogens is 1. The molecule has 1 aliphatic carbocycles. The van der Waals surface area contributed by atoms with Gasteiger partial charge in [0, 0.05) is 5.92 Å². The molecule has 74 valence electrons. The van der Waals surface area contributed by atoms with E-state index in [4.69, 9.17) is 4.74 Å². The Morgan fingerprint density at radius 2 is 1.93 bits per heavy atom. The number of carbonyl (C=O) groups excluding carboxylic acids is 1. The van der Waals surface area contributed by atoms with Gasteiger partial charge in [-0.05, 0) is 37.1 Å². The van der Waals surface area contributed by atoms with Crippen LogP contribution in [0.2, 0.25) is 0 Å². The average molecular weight is 194 g/mol. The highest BCUT2D eigenvalue weighted by atomic mass is 19.1. The van der Waals surface area contributed by atoms with Gasteiger partial charge in [0.2, 0.25) is 0 Å². The minimum atomic E-state index is -0.267. The van der Waals surface area contributed by atoms with Gasteiger partial charge < -0.3 is 9.53 Å². The molecule has 14 heavy (non-hydrogen) atoms. The molecule has 2 rings (SSSR count). The van der Waals surface area contributed by atoms with Crippen LogP contribution >= 0.6 is 0 Å². The van der Waals surface area contributed by atoms with Crippen LogP contribution in [-0.2, 0) is 4.79 Å². The lowest BCUT2D eigenvalue weighted by Crippen LogP contribution is -2.34. The highest BCUT2D eigenvalue weighted by molar-refractivity contribution is 5.55. The van der Waals surface area contributed by atoms with Crippen LogP contribution in [0.3, 0.4) is 0 Å². The Kier molecular flexibility index (Phi) is 2.48. The predicted molar refractivity (Wildman–Crippen MR) is 49.6 cm³/mol. The molecule has 0 unspecified atom stereocenters. The molecule has 0 spiro atoms. The van der Waals surface area contributed by atoms with Crippen LogP contribution in [0.4, 0.5) is 4.39 Å². The van der Waals surface area contributed by atoms with E-state index < -0.39 is 0 Å². The van der Waals surface area contributed by atoms with Gasteiger partial charge in [0.05, 0.1) is 0 Å². The zero-order valence-corrected chi connectivity index (χ0v) is 7.65. The van der Waals surface area contributed by atoms with Gasteiger partial charge >= 0.3 is 0 Å². The van der Waals surface area contributed by atoms with Crippen molar-refractivity contribution >= 4 is 6.29 Å². The molecule has 0 aromatic heterocycles. The molecule has 1 aromatic rings. The third-order valence-corrected chi connectivity index (χ3v) is 2.44. The number of hydrogen-bond donors (Lipinski definition) is 0. The summed E-state index contributed by atoms with van der Waals surface area (Å²) < 4.78 is 18.0. The Morgan fingerprint density at radius 1 is 1.29 bits per heavy atom. The molecular formula is C11H11FO2. The van der Waals surface area contributed by atoms with Crippen LogP contribution < -0.4 is 4.74 Å². The molecule has 2 nitrogen and oxygen atoms in total. The number of benzene rings is 1. The summed E-state index contributed by atoms with van der Waals surface area (Å²) in [6, 6.07) is 5.93. The zero-order valence-electron chi connectivity index (χ0n) is 7.65. The maximum absolute atomic E-state index is 12.5. The summed E-state index contributed by atoms with van der Waals surface area (Å²) in [5, 5.41) is 0. The maximum Gasteiger partial charge on any atom is 0.123 e. The van der Waals surface area contributed by atoms with Crippen molar-refractivity contribution in [2.75, 3.05) is 0 Å². The maximum atomic E-state index is 12.5. The fraction of sp³-hybridized carbons (Fsp3) is 0.364. The average Bonchev–Trinajstić information content (AvgIpc) is 2.13. The van der Waals surface area contributed by atoms with Gasteiger partial charge in [0.25, 0.3) is 0 Å². The standard InChI is InChI=1S/C11H11FO2/c12-9-1-3-10(4-2-9)14-11-5-8(6-11)7-13/h1-4,7-8,11H,5-6H2. The van der Waals surface area contributed by atoms with Crippen LogP contribution in [0.5, 0.6) is 5.75 Å². The van der Waals surface area contributed by atoms with Gasteiger partial charge in [-0.25, -0.2) is 4.39 Å². The van der Waals surface area contributed by atoms with Gasteiger partial charge in [-0.15, -0.1) is 0 Å². The van der Waals surface area contributed by atoms with Crippen LogP contribution in [0, 0.1) is 11.7 Å². The number of ether oxygens (including phenoxy) is 1. The fourth-order valence-electron chi connectivity index (χ4n) is 1.52. The molecule has 1 fully saturated rings. The molecular weight excluding hydrogens is 183 g/mol. The minimum Gasteiger partial charge on any atom is -0.490 e. The third-order valence-electron chi connectivity index (χ3n) is 2.44. The van der Waals surface area contributed by atoms with E-state index in [9.17, 15) is 9.18 Å². The molecule has 0 bridgehead atoms. The second kappa shape index (κ2) is 3.78. The molecule has 0 amide bonds. The number of rotatable bonds is 3. The van der Waals surface area contributed by atoms with E-state index in [0.717, 1.165) is 19.1 Å². The van der Waals surface area contributed by atoms with E-state index >= 15 is 0 Å². The van der Waals surface area contributed by atoms with E-state index in [0.29, 0.717) is 5.75 Å². The predicted octanol–water partition coefficient (Wildman–Crippen LogP) is 2.18. The van der Waals surface area contributed by atoms with Crippen molar-refractivity contribution in [2.24, 2.45) is 5.92 Å². The van der Waals surface area contributed by atoms with Gasteiger partial charge in [-0.2, -0.15) is 0 Å². The Morgan fingerprint density at radius 3 is 2.50 bits per heavy atom. The monoisotopic (exact) mass is 194 g/mol. The second-order valence-corrected chi connectivity index (χ2v) is 3.56. The highest BCUT2D eigenvalue weighted by Gasteiger charge is 2.30. The zero-order chi connectivity index (χ0) is 9.97. The summed E-state index contributed by atoms with van der Waals surface area (Å²) in [5.74, 6) is 0.554. The second-order valence-electron chi connectivity index (χ2n) is 3.56. The van der Waals surface area contributed by atoms with Crippen LogP contribution in [0.25, 0.3) is 0 Å². The lowest BCUT2D eigenvalue weighted by atomic mass is 9.83. The van der Waals surface area contributed by atoms with Crippen LogP contribution in [0.15, 0.2) is 24.3 Å². The Hall–Kier alpha value is -1.38. The van der Waals surface area contributed by atoms with Crippen molar-refractivity contribution in [3.8, 4) is 5.75 Å². The van der Waals surface area contributed by atoms with E-state index in [-0.39, 0.29) is 17.8 Å². The molecule has 0 N–H and O–H groups in total. The first kappa shape index (κ1) is 9.19. The summed E-state index contributed by atoms with van der Waals surface area (Å²) >= 11 is 0. The first-order chi connectivity index (χ1) is 6.78. The SMILES string of the molecule is O=CC1CC(Oc2ccc(F)cc2)C1. The minimum absolute atomic E-state index is 0.121. The molecule has 0 radical (unpaired) electrons. The number of carbonyl (C=O) groups is 1. The molecule has 0 heterocycles. The summed E-state index contributed by atoms with van der Waals surface area (Å²) in [6.45, 7) is 0. The summed E-state index contributed by atoms with van der Waals surface area (Å²) in [6.07, 6.45) is 2.64. The quantitative estimate of drug-likeness (QED) is 0.689. The highest BCUT2D eigenvalue weighted by Crippen LogP contribution is 2.29. The van der Waals surface area contributed by atoms with Crippen molar-refractivity contribution in [1.82, 2.24) is 0 Å². The largest absolute Gasteiger partial charge is 0.490 e. The Bertz CT molecular complexity index is 315. The molecule has 1 aromatic carbocycles. The first-order valence-electron chi connectivity index (χ1n) is 4.65. The van der Waals surface area contributed by atoms with Gasteiger partial charge in [0.1, 0.15) is 24.0 Å². The van der Waals surface area contributed by atoms with E-state index in [1.807, 2.05) is 0 Å².